The van der Waals surface area contributed by atoms with Gasteiger partial charge in [0.2, 0.25) is 0 Å². The smallest absolute Gasteiger partial charge is 0.333 e. The number of para-hydroxylation sites is 1. The summed E-state index contributed by atoms with van der Waals surface area (Å²) in [6.07, 6.45) is -0.166. The van der Waals surface area contributed by atoms with Crippen LogP contribution in [-0.2, 0) is 16.0 Å². The van der Waals surface area contributed by atoms with Gasteiger partial charge in [0.05, 0.1) is 13.2 Å². The fourth-order valence-corrected chi connectivity index (χ4v) is 3.68. The molecule has 0 saturated heterocycles. The van der Waals surface area contributed by atoms with Gasteiger partial charge in [-0.05, 0) is 55.3 Å². The number of benzene rings is 3. The van der Waals surface area contributed by atoms with E-state index in [4.69, 9.17) is 14.2 Å². The summed E-state index contributed by atoms with van der Waals surface area (Å²) in [5, 5.41) is 11.8. The number of carboxylic acids is 1. The molecule has 0 heterocycles. The van der Waals surface area contributed by atoms with Crippen LogP contribution >= 0.6 is 0 Å². The van der Waals surface area contributed by atoms with Crippen molar-refractivity contribution < 1.29 is 37.7 Å². The number of hydrogen-bond donors (Lipinski definition) is 2. The summed E-state index contributed by atoms with van der Waals surface area (Å²) in [7, 11) is 0. The number of rotatable bonds is 15. The molecule has 0 spiro atoms. The molecule has 0 saturated carbocycles. The lowest BCUT2D eigenvalue weighted by molar-refractivity contribution is -0.149. The SMILES string of the molecule is CCOC(Cc1ccc(OCCN(CCCOc2ccccc2)C(=O)Nc2ccc(F)c(F)c2)cc1)C(=O)O. The lowest BCUT2D eigenvalue weighted by Crippen LogP contribution is -2.39. The Morgan fingerprint density at radius 1 is 0.897 bits per heavy atom. The summed E-state index contributed by atoms with van der Waals surface area (Å²) in [6, 6.07) is 18.9. The van der Waals surface area contributed by atoms with E-state index in [1.165, 1.54) is 11.0 Å². The number of halogens is 2. The largest absolute Gasteiger partial charge is 0.494 e. The highest BCUT2D eigenvalue weighted by Gasteiger charge is 2.18. The topological polar surface area (TPSA) is 97.3 Å². The second-order valence-electron chi connectivity index (χ2n) is 8.54. The summed E-state index contributed by atoms with van der Waals surface area (Å²) in [5.74, 6) is -1.81. The molecule has 1 atom stereocenters. The van der Waals surface area contributed by atoms with E-state index < -0.39 is 29.7 Å². The first kappa shape index (κ1) is 29.4. The molecule has 0 bridgehead atoms. The van der Waals surface area contributed by atoms with Crippen LogP contribution in [0.2, 0.25) is 0 Å². The van der Waals surface area contributed by atoms with E-state index in [9.17, 15) is 23.5 Å². The zero-order valence-electron chi connectivity index (χ0n) is 21.6. The predicted molar refractivity (Wildman–Crippen MR) is 142 cm³/mol. The number of nitrogens with zero attached hydrogens (tertiary/aromatic N) is 1. The Kier molecular flexibility index (Phi) is 11.5. The van der Waals surface area contributed by atoms with Gasteiger partial charge in [-0.15, -0.1) is 0 Å². The molecular formula is C29H32F2N2O6. The number of carboxylic acid groups (broad SMARTS) is 1. The second-order valence-corrected chi connectivity index (χ2v) is 8.54. The van der Waals surface area contributed by atoms with Gasteiger partial charge in [-0.2, -0.15) is 0 Å². The van der Waals surface area contributed by atoms with Crippen molar-refractivity contribution in [1.82, 2.24) is 4.90 Å². The van der Waals surface area contributed by atoms with Crippen LogP contribution < -0.4 is 14.8 Å². The summed E-state index contributed by atoms with van der Waals surface area (Å²) in [5.41, 5.74) is 0.918. The monoisotopic (exact) mass is 542 g/mol. The second kappa shape index (κ2) is 15.3. The first-order valence-electron chi connectivity index (χ1n) is 12.6. The zero-order valence-corrected chi connectivity index (χ0v) is 21.6. The lowest BCUT2D eigenvalue weighted by Gasteiger charge is -2.23. The zero-order chi connectivity index (χ0) is 28.0. The fraction of sp³-hybridized carbons (Fsp3) is 0.310. The Morgan fingerprint density at radius 2 is 1.59 bits per heavy atom. The maximum Gasteiger partial charge on any atom is 0.333 e. The molecule has 0 aromatic heterocycles. The van der Waals surface area contributed by atoms with Crippen LogP contribution in [0.3, 0.4) is 0 Å². The van der Waals surface area contributed by atoms with E-state index in [0.717, 1.165) is 23.4 Å². The maximum atomic E-state index is 13.6. The van der Waals surface area contributed by atoms with E-state index in [1.807, 2.05) is 30.3 Å². The number of amides is 2. The van der Waals surface area contributed by atoms with Crippen LogP contribution in [0.15, 0.2) is 72.8 Å². The number of nitrogens with one attached hydrogen (secondary N) is 1. The number of hydrogen-bond acceptors (Lipinski definition) is 5. The Hall–Kier alpha value is -4.18. The molecule has 39 heavy (non-hydrogen) atoms. The van der Waals surface area contributed by atoms with Gasteiger partial charge in [-0.25, -0.2) is 18.4 Å². The van der Waals surface area contributed by atoms with Crippen molar-refractivity contribution in [3.8, 4) is 11.5 Å². The third kappa shape index (κ3) is 9.90. The van der Waals surface area contributed by atoms with Gasteiger partial charge >= 0.3 is 12.0 Å². The summed E-state index contributed by atoms with van der Waals surface area (Å²) < 4.78 is 43.6. The maximum absolute atomic E-state index is 13.6. The van der Waals surface area contributed by atoms with E-state index in [2.05, 4.69) is 5.32 Å². The molecule has 8 nitrogen and oxygen atoms in total. The summed E-state index contributed by atoms with van der Waals surface area (Å²) >= 11 is 0. The standard InChI is InChI=1S/C29H32F2N2O6/c1-2-37-27(28(34)35)19-21-9-12-24(13-10-21)39-18-16-33(15-6-17-38-23-7-4-3-5-8-23)29(36)32-22-11-14-25(30)26(31)20-22/h3-5,7-14,20,27H,2,6,15-19H2,1H3,(H,32,36)(H,34,35). The van der Waals surface area contributed by atoms with E-state index >= 15 is 0 Å². The summed E-state index contributed by atoms with van der Waals surface area (Å²) in [6.45, 7) is 3.13. The molecule has 0 radical (unpaired) electrons. The van der Waals surface area contributed by atoms with E-state index in [1.54, 1.807) is 31.2 Å². The van der Waals surface area contributed by atoms with E-state index in [-0.39, 0.29) is 25.3 Å². The first-order valence-corrected chi connectivity index (χ1v) is 12.6. The van der Waals surface area contributed by atoms with Crippen molar-refractivity contribution in [2.45, 2.75) is 25.9 Å². The Balaban J connectivity index is 1.55. The average molecular weight is 543 g/mol. The Morgan fingerprint density at radius 3 is 2.26 bits per heavy atom. The van der Waals surface area contributed by atoms with Crippen molar-refractivity contribution in [3.63, 3.8) is 0 Å². The molecule has 0 aliphatic carbocycles. The number of anilines is 1. The normalized spacial score (nSPS) is 11.5. The first-order chi connectivity index (χ1) is 18.9. The molecular weight excluding hydrogens is 510 g/mol. The van der Waals surface area contributed by atoms with Gasteiger partial charge < -0.3 is 29.5 Å². The molecule has 0 aliphatic heterocycles. The van der Waals surface area contributed by atoms with E-state index in [0.29, 0.717) is 31.9 Å². The molecule has 0 fully saturated rings. The number of ether oxygens (including phenoxy) is 3. The molecule has 2 N–H and O–H groups in total. The number of aliphatic carboxylic acids is 1. The van der Waals surface area contributed by atoms with Crippen molar-refractivity contribution >= 4 is 17.7 Å². The van der Waals surface area contributed by atoms with Crippen molar-refractivity contribution in [2.24, 2.45) is 0 Å². The Bertz CT molecular complexity index is 1190. The van der Waals surface area contributed by atoms with Gasteiger partial charge in [0.1, 0.15) is 18.1 Å². The predicted octanol–water partition coefficient (Wildman–Crippen LogP) is 5.38. The highest BCUT2D eigenvalue weighted by molar-refractivity contribution is 5.89. The van der Waals surface area contributed by atoms with Gasteiger partial charge in [0.15, 0.2) is 17.7 Å². The highest BCUT2D eigenvalue weighted by atomic mass is 19.2. The van der Waals surface area contributed by atoms with Crippen molar-refractivity contribution in [1.29, 1.82) is 0 Å². The third-order valence-electron chi connectivity index (χ3n) is 5.66. The molecule has 3 rings (SSSR count). The van der Waals surface area contributed by atoms with Crippen molar-refractivity contribution in [3.05, 3.63) is 90.0 Å². The van der Waals surface area contributed by atoms with Crippen LogP contribution in [-0.4, -0.2) is 61.0 Å². The highest BCUT2D eigenvalue weighted by Crippen LogP contribution is 2.16. The van der Waals surface area contributed by atoms with Gasteiger partial charge in [-0.3, -0.25) is 0 Å². The van der Waals surface area contributed by atoms with Crippen LogP contribution in [0.25, 0.3) is 0 Å². The fourth-order valence-electron chi connectivity index (χ4n) is 3.68. The molecule has 2 amide bonds. The lowest BCUT2D eigenvalue weighted by atomic mass is 10.1. The Labute approximate surface area is 226 Å². The number of carbonyl (C=O) groups is 2. The van der Waals surface area contributed by atoms with Crippen LogP contribution in [0.1, 0.15) is 18.9 Å². The van der Waals surface area contributed by atoms with Crippen LogP contribution in [0.5, 0.6) is 11.5 Å². The molecule has 3 aromatic carbocycles. The van der Waals surface area contributed by atoms with Crippen LogP contribution in [0, 0.1) is 11.6 Å². The van der Waals surface area contributed by atoms with Gasteiger partial charge in [-0.1, -0.05) is 30.3 Å². The molecule has 10 heteroatoms. The van der Waals surface area contributed by atoms with Gasteiger partial charge in [0.25, 0.3) is 0 Å². The summed E-state index contributed by atoms with van der Waals surface area (Å²) in [4.78, 5) is 25.7. The minimum absolute atomic E-state index is 0.132. The number of urea groups is 1. The van der Waals surface area contributed by atoms with Crippen LogP contribution in [0.4, 0.5) is 19.3 Å². The molecule has 0 aliphatic rings. The third-order valence-corrected chi connectivity index (χ3v) is 5.66. The van der Waals surface area contributed by atoms with Crippen molar-refractivity contribution in [2.75, 3.05) is 38.2 Å². The average Bonchev–Trinajstić information content (AvgIpc) is 2.93. The van der Waals surface area contributed by atoms with Gasteiger partial charge in [0, 0.05) is 31.3 Å². The number of carbonyl (C=O) groups excluding carboxylic acids is 1. The molecule has 208 valence electrons. The molecule has 1 unspecified atom stereocenters. The minimum Gasteiger partial charge on any atom is -0.494 e. The molecule has 3 aromatic rings. The minimum atomic E-state index is -1.06. The quantitative estimate of drug-likeness (QED) is 0.250.